The van der Waals surface area contributed by atoms with Gasteiger partial charge in [0.05, 0.1) is 8.66 Å². The lowest BCUT2D eigenvalue weighted by molar-refractivity contribution is -0.120. The van der Waals surface area contributed by atoms with Crippen molar-refractivity contribution in [3.8, 4) is 10.6 Å². The summed E-state index contributed by atoms with van der Waals surface area (Å²) in [4.78, 5) is 19.7. The van der Waals surface area contributed by atoms with Crippen molar-refractivity contribution in [1.82, 2.24) is 15.2 Å². The number of carbonyl (C=O) groups excluding carboxylic acids is 1. The quantitative estimate of drug-likeness (QED) is 0.643. The number of nitrogens with zero attached hydrogens (tertiary/aromatic N) is 4. The van der Waals surface area contributed by atoms with Gasteiger partial charge in [0.15, 0.2) is 10.9 Å². The molecule has 3 aromatic heterocycles. The molecule has 0 unspecified atom stereocenters. The van der Waals surface area contributed by atoms with Crippen LogP contribution in [-0.4, -0.2) is 34.2 Å². The zero-order valence-electron chi connectivity index (χ0n) is 13.8. The number of hydrogen-bond donors (Lipinski definition) is 1. The zero-order valence-corrected chi connectivity index (χ0v) is 17.0. The fourth-order valence-corrected chi connectivity index (χ4v) is 4.82. The van der Waals surface area contributed by atoms with Gasteiger partial charge in [0.2, 0.25) is 5.91 Å². The second-order valence-electron chi connectivity index (χ2n) is 5.97. The molecule has 26 heavy (non-hydrogen) atoms. The molecule has 1 fully saturated rings. The molecule has 9 heteroatoms. The Bertz CT molecular complexity index is 873. The summed E-state index contributed by atoms with van der Waals surface area (Å²) >= 11 is 6.55. The molecule has 0 spiro atoms. The Morgan fingerprint density at radius 3 is 2.65 bits per heavy atom. The summed E-state index contributed by atoms with van der Waals surface area (Å²) in [5.41, 5.74) is 0.877. The van der Waals surface area contributed by atoms with Crippen LogP contribution < -0.4 is 10.2 Å². The van der Waals surface area contributed by atoms with E-state index in [1.807, 2.05) is 29.6 Å². The van der Waals surface area contributed by atoms with Crippen LogP contribution >= 0.6 is 38.6 Å². The van der Waals surface area contributed by atoms with E-state index in [1.54, 1.807) is 17.5 Å². The number of amides is 1. The average Bonchev–Trinajstić information content (AvgIpc) is 3.34. The molecule has 0 bridgehead atoms. The lowest BCUT2D eigenvalue weighted by Crippen LogP contribution is -2.38. The fourth-order valence-electron chi connectivity index (χ4n) is 2.94. The molecule has 1 aliphatic heterocycles. The second kappa shape index (κ2) is 7.81. The van der Waals surface area contributed by atoms with Crippen molar-refractivity contribution in [1.29, 1.82) is 0 Å². The topological polar surface area (TPSA) is 71.0 Å². The van der Waals surface area contributed by atoms with E-state index in [2.05, 4.69) is 41.3 Å². The summed E-state index contributed by atoms with van der Waals surface area (Å²) in [5, 5.41) is 14.1. The highest BCUT2D eigenvalue weighted by atomic mass is 79.9. The first kappa shape index (κ1) is 17.6. The normalized spacial score (nSPS) is 15.2. The van der Waals surface area contributed by atoms with Gasteiger partial charge in [-0.3, -0.25) is 4.79 Å². The number of thiazole rings is 1. The minimum Gasteiger partial charge on any atom is -0.355 e. The van der Waals surface area contributed by atoms with E-state index in [1.165, 1.54) is 11.3 Å². The van der Waals surface area contributed by atoms with Crippen LogP contribution in [0.1, 0.15) is 12.8 Å². The Balaban J connectivity index is 1.35. The van der Waals surface area contributed by atoms with Gasteiger partial charge in [-0.05, 0) is 53.0 Å². The molecule has 3 aromatic rings. The van der Waals surface area contributed by atoms with Gasteiger partial charge in [-0.1, -0.05) is 0 Å². The van der Waals surface area contributed by atoms with Gasteiger partial charge >= 0.3 is 0 Å². The Labute approximate surface area is 167 Å². The lowest BCUT2D eigenvalue weighted by Gasteiger charge is -2.31. The van der Waals surface area contributed by atoms with Crippen LogP contribution in [0.3, 0.4) is 0 Å². The number of halogens is 1. The number of piperidine rings is 1. The number of thiophene rings is 1. The molecule has 0 atom stereocenters. The third kappa shape index (κ3) is 3.94. The molecular formula is C17H16BrN5OS2. The molecule has 4 heterocycles. The fraction of sp³-hybridized carbons (Fsp3) is 0.294. The van der Waals surface area contributed by atoms with Gasteiger partial charge in [0, 0.05) is 30.6 Å². The van der Waals surface area contributed by atoms with E-state index >= 15 is 0 Å². The van der Waals surface area contributed by atoms with Crippen molar-refractivity contribution in [3.63, 3.8) is 0 Å². The molecule has 1 aliphatic rings. The van der Waals surface area contributed by atoms with Gasteiger partial charge < -0.3 is 10.2 Å². The van der Waals surface area contributed by atoms with Crippen LogP contribution in [0, 0.1) is 5.92 Å². The number of aromatic nitrogens is 3. The maximum atomic E-state index is 12.3. The highest BCUT2D eigenvalue weighted by Gasteiger charge is 2.26. The Morgan fingerprint density at radius 2 is 2.04 bits per heavy atom. The van der Waals surface area contributed by atoms with Gasteiger partial charge in [0.1, 0.15) is 5.69 Å². The van der Waals surface area contributed by atoms with Gasteiger partial charge in [-0.15, -0.1) is 32.9 Å². The third-order valence-corrected chi connectivity index (χ3v) is 6.66. The number of carbonyl (C=O) groups is 1. The maximum Gasteiger partial charge on any atom is 0.229 e. The van der Waals surface area contributed by atoms with Gasteiger partial charge in [-0.2, -0.15) is 0 Å². The monoisotopic (exact) mass is 449 g/mol. The van der Waals surface area contributed by atoms with Crippen LogP contribution in [0.4, 0.5) is 10.9 Å². The third-order valence-electron chi connectivity index (χ3n) is 4.33. The average molecular weight is 450 g/mol. The number of rotatable bonds is 4. The molecular weight excluding hydrogens is 434 g/mol. The first-order chi connectivity index (χ1) is 12.7. The molecule has 134 valence electrons. The highest BCUT2D eigenvalue weighted by Crippen LogP contribution is 2.30. The summed E-state index contributed by atoms with van der Waals surface area (Å²) < 4.78 is 1.08. The summed E-state index contributed by atoms with van der Waals surface area (Å²) in [5.74, 6) is 0.943. The number of anilines is 2. The van der Waals surface area contributed by atoms with E-state index in [0.717, 1.165) is 46.1 Å². The molecule has 1 saturated heterocycles. The standard InChI is InChI=1S/C17H16BrN5OS2/c18-14-3-2-13(26-14)12-1-4-15(22-21-12)23-8-5-11(6-9-23)16(24)20-17-19-7-10-25-17/h1-4,7,10-11H,5-6,8-9H2,(H,19,20,24). The Hall–Kier alpha value is -1.84. The lowest BCUT2D eigenvalue weighted by atomic mass is 9.96. The number of nitrogens with one attached hydrogen (secondary N) is 1. The van der Waals surface area contributed by atoms with Crippen LogP contribution in [-0.2, 0) is 4.79 Å². The van der Waals surface area contributed by atoms with Crippen molar-refractivity contribution >= 4 is 55.5 Å². The van der Waals surface area contributed by atoms with Crippen LogP contribution in [0.25, 0.3) is 10.6 Å². The first-order valence-electron chi connectivity index (χ1n) is 8.24. The summed E-state index contributed by atoms with van der Waals surface area (Å²) in [6.07, 6.45) is 3.30. The SMILES string of the molecule is O=C(Nc1nccs1)C1CCN(c2ccc(-c3ccc(Br)s3)nn2)CC1. The van der Waals surface area contributed by atoms with Gasteiger partial charge in [0.25, 0.3) is 0 Å². The summed E-state index contributed by atoms with van der Waals surface area (Å²) in [6.45, 7) is 1.60. The van der Waals surface area contributed by atoms with Crippen molar-refractivity contribution < 1.29 is 4.79 Å². The van der Waals surface area contributed by atoms with Crippen molar-refractivity contribution in [2.45, 2.75) is 12.8 Å². The zero-order chi connectivity index (χ0) is 17.9. The largest absolute Gasteiger partial charge is 0.355 e. The predicted molar refractivity (Wildman–Crippen MR) is 109 cm³/mol. The molecule has 6 nitrogen and oxygen atoms in total. The summed E-state index contributed by atoms with van der Waals surface area (Å²) in [6, 6.07) is 8.05. The molecule has 0 saturated carbocycles. The van der Waals surface area contributed by atoms with Crippen molar-refractivity contribution in [3.05, 3.63) is 39.6 Å². The predicted octanol–water partition coefficient (Wildman–Crippen LogP) is 4.28. The molecule has 0 radical (unpaired) electrons. The maximum absolute atomic E-state index is 12.3. The minimum absolute atomic E-state index is 0.0193. The molecule has 1 N–H and O–H groups in total. The molecule has 0 aliphatic carbocycles. The van der Waals surface area contributed by atoms with Gasteiger partial charge in [-0.25, -0.2) is 4.98 Å². The minimum atomic E-state index is 0.0193. The van der Waals surface area contributed by atoms with E-state index in [4.69, 9.17) is 0 Å². The highest BCUT2D eigenvalue weighted by molar-refractivity contribution is 9.11. The Morgan fingerprint density at radius 1 is 1.19 bits per heavy atom. The number of hydrogen-bond acceptors (Lipinski definition) is 7. The molecule has 0 aromatic carbocycles. The first-order valence-corrected chi connectivity index (χ1v) is 10.7. The van der Waals surface area contributed by atoms with Crippen molar-refractivity contribution in [2.75, 3.05) is 23.3 Å². The molecule has 1 amide bonds. The van der Waals surface area contributed by atoms with E-state index < -0.39 is 0 Å². The van der Waals surface area contributed by atoms with Crippen LogP contribution in [0.2, 0.25) is 0 Å². The van der Waals surface area contributed by atoms with E-state index in [0.29, 0.717) is 5.13 Å². The van der Waals surface area contributed by atoms with Crippen LogP contribution in [0.5, 0.6) is 0 Å². The Kier molecular flexibility index (Phi) is 5.28. The van der Waals surface area contributed by atoms with Crippen LogP contribution in [0.15, 0.2) is 39.6 Å². The van der Waals surface area contributed by atoms with Crippen molar-refractivity contribution in [2.24, 2.45) is 5.92 Å². The summed E-state index contributed by atoms with van der Waals surface area (Å²) in [7, 11) is 0. The smallest absolute Gasteiger partial charge is 0.229 e. The van der Waals surface area contributed by atoms with E-state index in [9.17, 15) is 4.79 Å². The molecule has 4 rings (SSSR count). The second-order valence-corrected chi connectivity index (χ2v) is 9.33. The van der Waals surface area contributed by atoms with E-state index in [-0.39, 0.29) is 11.8 Å².